The second-order valence-corrected chi connectivity index (χ2v) is 7.22. The van der Waals surface area contributed by atoms with E-state index < -0.39 is 12.5 Å². The first-order valence-corrected chi connectivity index (χ1v) is 9.51. The molecular formula is C18H21F2N9O2. The summed E-state index contributed by atoms with van der Waals surface area (Å²) in [6.07, 6.45) is 1.90. The van der Waals surface area contributed by atoms with Gasteiger partial charge in [-0.3, -0.25) is 4.79 Å². The fourth-order valence-corrected chi connectivity index (χ4v) is 3.38. The summed E-state index contributed by atoms with van der Waals surface area (Å²) < 4.78 is 31.9. The Morgan fingerprint density at radius 2 is 2.16 bits per heavy atom. The van der Waals surface area contributed by atoms with Crippen LogP contribution in [0.15, 0.2) is 18.3 Å². The number of primary amides is 1. The lowest BCUT2D eigenvalue weighted by molar-refractivity contribution is 0.0573. The van der Waals surface area contributed by atoms with Crippen molar-refractivity contribution in [2.75, 3.05) is 23.8 Å². The molecule has 31 heavy (non-hydrogen) atoms. The molecule has 4 rings (SSSR count). The summed E-state index contributed by atoms with van der Waals surface area (Å²) in [5.41, 5.74) is 12.9. The first-order valence-electron chi connectivity index (χ1n) is 9.51. The monoisotopic (exact) mass is 433 g/mol. The lowest BCUT2D eigenvalue weighted by Crippen LogP contribution is -2.48. The normalized spacial score (nSPS) is 19.0. The standard InChI is InChI=1S/C18H21F2N9O2/c1-8-4-10(5-9-6-29(17(19)20)28-13(8)9)23-16-14(15(22)30)26-27-18(25-16)24-12-2-3-31-7-11(12)21/h4-6,11-12,17H,2-3,7,21H2,1H3,(H2,22,30)(H2,23,24,25,27)/t11-,12+/m0/s1. The van der Waals surface area contributed by atoms with Gasteiger partial charge < -0.3 is 26.8 Å². The van der Waals surface area contributed by atoms with Gasteiger partial charge in [0.1, 0.15) is 0 Å². The highest BCUT2D eigenvalue weighted by Gasteiger charge is 2.24. The van der Waals surface area contributed by atoms with Gasteiger partial charge in [0.25, 0.3) is 5.91 Å². The van der Waals surface area contributed by atoms with Crippen molar-refractivity contribution >= 4 is 34.3 Å². The summed E-state index contributed by atoms with van der Waals surface area (Å²) in [4.78, 5) is 16.1. The molecule has 0 saturated carbocycles. The smallest absolute Gasteiger partial charge is 0.333 e. The average Bonchev–Trinajstić information content (AvgIpc) is 3.15. The van der Waals surface area contributed by atoms with Crippen molar-refractivity contribution in [1.29, 1.82) is 0 Å². The molecule has 3 aromatic rings. The van der Waals surface area contributed by atoms with Crippen LogP contribution in [0.1, 0.15) is 29.0 Å². The van der Waals surface area contributed by atoms with Crippen LogP contribution in [0.3, 0.4) is 0 Å². The van der Waals surface area contributed by atoms with Crippen LogP contribution >= 0.6 is 0 Å². The number of nitrogens with one attached hydrogen (secondary N) is 2. The number of aryl methyl sites for hydroxylation is 1. The van der Waals surface area contributed by atoms with Crippen LogP contribution in [-0.4, -0.2) is 56.2 Å². The molecule has 1 aromatic carbocycles. The Balaban J connectivity index is 1.65. The number of rotatable bonds is 6. The molecule has 1 amide bonds. The lowest BCUT2D eigenvalue weighted by Gasteiger charge is -2.29. The zero-order chi connectivity index (χ0) is 22.1. The van der Waals surface area contributed by atoms with Crippen LogP contribution in [0.25, 0.3) is 10.9 Å². The summed E-state index contributed by atoms with van der Waals surface area (Å²) in [6.45, 7) is -0.0556. The Hall–Kier alpha value is -3.45. The molecule has 164 valence electrons. The zero-order valence-corrected chi connectivity index (χ0v) is 16.5. The van der Waals surface area contributed by atoms with E-state index in [1.807, 2.05) is 0 Å². The number of alkyl halides is 2. The van der Waals surface area contributed by atoms with Crippen molar-refractivity contribution in [2.24, 2.45) is 11.5 Å². The van der Waals surface area contributed by atoms with E-state index in [1.54, 1.807) is 19.1 Å². The highest BCUT2D eigenvalue weighted by atomic mass is 19.3. The number of amides is 1. The highest BCUT2D eigenvalue weighted by molar-refractivity contribution is 5.96. The Morgan fingerprint density at radius 3 is 2.87 bits per heavy atom. The SMILES string of the molecule is Cc1cc(Nc2nc(N[C@@H]3CCOC[C@@H]3N)nnc2C(N)=O)cc2cn(C(F)F)nc12. The molecule has 3 heterocycles. The number of nitrogens with two attached hydrogens (primary N) is 2. The topological polar surface area (TPSA) is 159 Å². The number of hydrogen-bond acceptors (Lipinski definition) is 9. The van der Waals surface area contributed by atoms with Gasteiger partial charge in [-0.25, -0.2) is 4.68 Å². The van der Waals surface area contributed by atoms with E-state index in [0.29, 0.717) is 46.5 Å². The maximum absolute atomic E-state index is 13.0. The molecule has 1 fully saturated rings. The van der Waals surface area contributed by atoms with E-state index in [0.717, 1.165) is 0 Å². The Labute approximate surface area is 175 Å². The summed E-state index contributed by atoms with van der Waals surface area (Å²) >= 11 is 0. The minimum atomic E-state index is -2.75. The van der Waals surface area contributed by atoms with Gasteiger partial charge in [0, 0.05) is 36.0 Å². The van der Waals surface area contributed by atoms with Crippen molar-refractivity contribution in [3.63, 3.8) is 0 Å². The molecule has 2 atom stereocenters. The average molecular weight is 433 g/mol. The number of anilines is 3. The molecule has 1 aliphatic rings. The number of ether oxygens (including phenoxy) is 1. The van der Waals surface area contributed by atoms with Crippen molar-refractivity contribution in [2.45, 2.75) is 32.0 Å². The van der Waals surface area contributed by atoms with Crippen LogP contribution < -0.4 is 22.1 Å². The molecule has 0 bridgehead atoms. The van der Waals surface area contributed by atoms with Crippen molar-refractivity contribution in [1.82, 2.24) is 25.0 Å². The fraction of sp³-hybridized carbons (Fsp3) is 0.389. The largest absolute Gasteiger partial charge is 0.380 e. The Kier molecular flexibility index (Phi) is 5.61. The Morgan fingerprint density at radius 1 is 1.35 bits per heavy atom. The summed E-state index contributed by atoms with van der Waals surface area (Å²) in [5, 5.41) is 18.3. The minimum Gasteiger partial charge on any atom is -0.380 e. The number of carbonyl (C=O) groups excluding carboxylic acids is 1. The van der Waals surface area contributed by atoms with E-state index >= 15 is 0 Å². The van der Waals surface area contributed by atoms with Gasteiger partial charge in [0.2, 0.25) is 5.95 Å². The third-order valence-electron chi connectivity index (χ3n) is 4.91. The predicted molar refractivity (Wildman–Crippen MR) is 108 cm³/mol. The highest BCUT2D eigenvalue weighted by Crippen LogP contribution is 2.27. The number of fused-ring (bicyclic) bond motifs is 1. The zero-order valence-electron chi connectivity index (χ0n) is 16.5. The van der Waals surface area contributed by atoms with Crippen LogP contribution in [-0.2, 0) is 4.74 Å². The number of aromatic nitrogens is 5. The van der Waals surface area contributed by atoms with Crippen molar-refractivity contribution < 1.29 is 18.3 Å². The third kappa shape index (κ3) is 4.36. The lowest BCUT2D eigenvalue weighted by atomic mass is 10.1. The molecule has 0 radical (unpaired) electrons. The first-order chi connectivity index (χ1) is 14.8. The second-order valence-electron chi connectivity index (χ2n) is 7.22. The molecular weight excluding hydrogens is 412 g/mol. The van der Waals surface area contributed by atoms with Crippen LogP contribution in [0, 0.1) is 6.92 Å². The van der Waals surface area contributed by atoms with E-state index in [-0.39, 0.29) is 29.5 Å². The van der Waals surface area contributed by atoms with Gasteiger partial charge in [0.15, 0.2) is 11.5 Å². The second kappa shape index (κ2) is 8.35. The molecule has 1 saturated heterocycles. The van der Waals surface area contributed by atoms with Crippen LogP contribution in [0.4, 0.5) is 26.2 Å². The number of carbonyl (C=O) groups is 1. The summed E-state index contributed by atoms with van der Waals surface area (Å²) in [5.74, 6) is -0.580. The molecule has 0 aliphatic carbocycles. The molecule has 0 spiro atoms. The quantitative estimate of drug-likeness (QED) is 0.449. The number of nitrogens with zero attached hydrogens (tertiary/aromatic N) is 5. The minimum absolute atomic E-state index is 0.0747. The van der Waals surface area contributed by atoms with Crippen molar-refractivity contribution in [3.05, 3.63) is 29.6 Å². The van der Waals surface area contributed by atoms with E-state index in [2.05, 4.69) is 30.9 Å². The number of benzene rings is 1. The van der Waals surface area contributed by atoms with Gasteiger partial charge >= 0.3 is 6.55 Å². The van der Waals surface area contributed by atoms with Crippen molar-refractivity contribution in [3.8, 4) is 0 Å². The maximum atomic E-state index is 13.0. The third-order valence-corrected chi connectivity index (χ3v) is 4.91. The number of halogens is 2. The van der Waals surface area contributed by atoms with Crippen LogP contribution in [0.5, 0.6) is 0 Å². The molecule has 2 aromatic heterocycles. The van der Waals surface area contributed by atoms with Gasteiger partial charge in [-0.1, -0.05) is 0 Å². The van der Waals surface area contributed by atoms with Gasteiger partial charge in [-0.15, -0.1) is 10.2 Å². The summed E-state index contributed by atoms with van der Waals surface area (Å²) in [7, 11) is 0. The van der Waals surface area contributed by atoms with Gasteiger partial charge in [-0.05, 0) is 31.0 Å². The molecule has 13 heteroatoms. The first kappa shape index (κ1) is 20.8. The molecule has 11 nitrogen and oxygen atoms in total. The van der Waals surface area contributed by atoms with E-state index in [9.17, 15) is 13.6 Å². The molecule has 6 N–H and O–H groups in total. The van der Waals surface area contributed by atoms with E-state index in [4.69, 9.17) is 16.2 Å². The summed E-state index contributed by atoms with van der Waals surface area (Å²) in [6, 6.07) is 2.94. The van der Waals surface area contributed by atoms with Crippen LogP contribution in [0.2, 0.25) is 0 Å². The van der Waals surface area contributed by atoms with E-state index in [1.165, 1.54) is 6.20 Å². The molecule has 0 unspecified atom stereocenters. The maximum Gasteiger partial charge on any atom is 0.333 e. The van der Waals surface area contributed by atoms with Gasteiger partial charge in [-0.2, -0.15) is 18.9 Å². The molecule has 1 aliphatic heterocycles. The van der Waals surface area contributed by atoms with Gasteiger partial charge in [0.05, 0.1) is 12.1 Å². The predicted octanol–water partition coefficient (Wildman–Crippen LogP) is 1.30. The fourth-order valence-electron chi connectivity index (χ4n) is 3.38. The number of hydrogen-bond donors (Lipinski definition) is 4. The Bertz CT molecular complexity index is 1120.